The van der Waals surface area contributed by atoms with E-state index in [4.69, 9.17) is 11.6 Å². The van der Waals surface area contributed by atoms with Gasteiger partial charge < -0.3 is 5.32 Å². The van der Waals surface area contributed by atoms with Gasteiger partial charge in [-0.2, -0.15) is 11.8 Å². The van der Waals surface area contributed by atoms with Crippen LogP contribution in [0.15, 0.2) is 18.2 Å². The van der Waals surface area contributed by atoms with E-state index in [9.17, 15) is 4.39 Å². The largest absolute Gasteiger partial charge is 0.309 e. The maximum atomic E-state index is 13.1. The van der Waals surface area contributed by atoms with E-state index in [1.54, 1.807) is 6.07 Å². The number of hydrogen-bond donors (Lipinski definition) is 1. The van der Waals surface area contributed by atoms with Gasteiger partial charge in [0.1, 0.15) is 5.82 Å². The molecule has 1 fully saturated rings. The Morgan fingerprint density at radius 2 is 2.40 bits per heavy atom. The summed E-state index contributed by atoms with van der Waals surface area (Å²) in [5.74, 6) is 2.03. The van der Waals surface area contributed by atoms with Crippen molar-refractivity contribution in [1.82, 2.24) is 5.32 Å². The molecule has 1 aliphatic rings. The minimum absolute atomic E-state index is 0.246. The van der Waals surface area contributed by atoms with E-state index in [1.807, 2.05) is 17.8 Å². The van der Waals surface area contributed by atoms with Crippen LogP contribution < -0.4 is 5.32 Å². The highest BCUT2D eigenvalue weighted by atomic mass is 35.5. The third-order valence-electron chi connectivity index (χ3n) is 2.54. The first-order valence-electron chi connectivity index (χ1n) is 5.01. The van der Waals surface area contributed by atoms with Crippen LogP contribution in [0.25, 0.3) is 0 Å². The van der Waals surface area contributed by atoms with Gasteiger partial charge in [0.05, 0.1) is 5.02 Å². The average Bonchev–Trinajstić information content (AvgIpc) is 2.73. The highest BCUT2D eigenvalue weighted by molar-refractivity contribution is 7.99. The summed E-state index contributed by atoms with van der Waals surface area (Å²) in [6.45, 7) is 0.655. The molecule has 0 radical (unpaired) electrons. The van der Waals surface area contributed by atoms with Gasteiger partial charge in [0.2, 0.25) is 0 Å². The molecule has 1 aromatic carbocycles. The molecule has 15 heavy (non-hydrogen) atoms. The second kappa shape index (κ2) is 5.19. The van der Waals surface area contributed by atoms with Crippen molar-refractivity contribution in [3.8, 4) is 0 Å². The lowest BCUT2D eigenvalue weighted by molar-refractivity contribution is 0.554. The molecule has 0 aliphatic carbocycles. The Bertz CT molecular complexity index is 339. The van der Waals surface area contributed by atoms with Crippen LogP contribution in [-0.4, -0.2) is 17.5 Å². The summed E-state index contributed by atoms with van der Waals surface area (Å²) in [6, 6.07) is 5.49. The van der Waals surface area contributed by atoms with Gasteiger partial charge in [0, 0.05) is 18.3 Å². The van der Waals surface area contributed by atoms with Gasteiger partial charge in [0.15, 0.2) is 0 Å². The molecule has 1 saturated heterocycles. The molecule has 0 spiro atoms. The van der Waals surface area contributed by atoms with E-state index in [-0.39, 0.29) is 10.8 Å². The highest BCUT2D eigenvalue weighted by Crippen LogP contribution is 2.21. The van der Waals surface area contributed by atoms with Crippen LogP contribution in [0.5, 0.6) is 0 Å². The molecular weight excluding hydrogens is 233 g/mol. The number of thioether (sulfide) groups is 1. The van der Waals surface area contributed by atoms with Crippen LogP contribution in [0, 0.1) is 5.82 Å². The van der Waals surface area contributed by atoms with E-state index >= 15 is 0 Å². The molecule has 1 unspecified atom stereocenters. The summed E-state index contributed by atoms with van der Waals surface area (Å²) in [4.78, 5) is 0. The SMILES string of the molecule is Fc1cccc(CNC2CCSC2)c1Cl. The number of halogens is 2. The second-order valence-electron chi connectivity index (χ2n) is 3.65. The van der Waals surface area contributed by atoms with Gasteiger partial charge in [-0.1, -0.05) is 23.7 Å². The molecule has 0 amide bonds. The fraction of sp³-hybridized carbons (Fsp3) is 0.455. The third kappa shape index (κ3) is 2.86. The molecule has 4 heteroatoms. The quantitative estimate of drug-likeness (QED) is 0.879. The van der Waals surface area contributed by atoms with Crippen LogP contribution in [-0.2, 0) is 6.54 Å². The molecule has 1 aliphatic heterocycles. The first kappa shape index (κ1) is 11.2. The Kier molecular flexibility index (Phi) is 3.89. The Morgan fingerprint density at radius 1 is 1.53 bits per heavy atom. The first-order valence-corrected chi connectivity index (χ1v) is 6.54. The third-order valence-corrected chi connectivity index (χ3v) is 4.13. The van der Waals surface area contributed by atoms with Crippen LogP contribution in [0.2, 0.25) is 5.02 Å². The number of rotatable bonds is 3. The topological polar surface area (TPSA) is 12.0 Å². The van der Waals surface area contributed by atoms with Crippen molar-refractivity contribution in [3.05, 3.63) is 34.6 Å². The summed E-state index contributed by atoms with van der Waals surface area (Å²) < 4.78 is 13.1. The molecule has 1 nitrogen and oxygen atoms in total. The zero-order valence-corrected chi connectivity index (χ0v) is 9.87. The summed E-state index contributed by atoms with van der Waals surface area (Å²) in [5.41, 5.74) is 0.841. The predicted octanol–water partition coefficient (Wildman–Crippen LogP) is 3.07. The lowest BCUT2D eigenvalue weighted by Crippen LogP contribution is -2.28. The molecular formula is C11H13ClFNS. The molecule has 1 heterocycles. The summed E-state index contributed by atoms with van der Waals surface area (Å²) in [7, 11) is 0. The minimum Gasteiger partial charge on any atom is -0.309 e. The number of hydrogen-bond acceptors (Lipinski definition) is 2. The van der Waals surface area contributed by atoms with Gasteiger partial charge >= 0.3 is 0 Å². The van der Waals surface area contributed by atoms with Gasteiger partial charge in [0.25, 0.3) is 0 Å². The van der Waals surface area contributed by atoms with Gasteiger partial charge in [-0.3, -0.25) is 0 Å². The van der Waals surface area contributed by atoms with E-state index in [1.165, 1.54) is 18.2 Å². The fourth-order valence-corrected chi connectivity index (χ4v) is 3.01. The van der Waals surface area contributed by atoms with E-state index in [0.717, 1.165) is 11.3 Å². The lowest BCUT2D eigenvalue weighted by atomic mass is 10.2. The molecule has 1 atom stereocenters. The van der Waals surface area contributed by atoms with Crippen LogP contribution in [0.4, 0.5) is 4.39 Å². The van der Waals surface area contributed by atoms with Gasteiger partial charge in [-0.15, -0.1) is 0 Å². The average molecular weight is 246 g/mol. The molecule has 0 saturated carbocycles. The van der Waals surface area contributed by atoms with Crippen LogP contribution in [0.1, 0.15) is 12.0 Å². The summed E-state index contributed by atoms with van der Waals surface area (Å²) >= 11 is 7.81. The Hall–Kier alpha value is -0.250. The van der Waals surface area contributed by atoms with E-state index < -0.39 is 0 Å². The first-order chi connectivity index (χ1) is 7.27. The van der Waals surface area contributed by atoms with Crippen molar-refractivity contribution in [1.29, 1.82) is 0 Å². The number of benzene rings is 1. The molecule has 1 aromatic rings. The van der Waals surface area contributed by atoms with Gasteiger partial charge in [-0.05, 0) is 23.8 Å². The van der Waals surface area contributed by atoms with Crippen molar-refractivity contribution < 1.29 is 4.39 Å². The monoisotopic (exact) mass is 245 g/mol. The smallest absolute Gasteiger partial charge is 0.142 e. The van der Waals surface area contributed by atoms with Crippen molar-refractivity contribution in [2.75, 3.05) is 11.5 Å². The maximum absolute atomic E-state index is 13.1. The molecule has 82 valence electrons. The molecule has 1 N–H and O–H groups in total. The predicted molar refractivity (Wildman–Crippen MR) is 64.0 cm³/mol. The van der Waals surface area contributed by atoms with Crippen molar-refractivity contribution >= 4 is 23.4 Å². The zero-order chi connectivity index (χ0) is 10.7. The number of nitrogens with one attached hydrogen (secondary N) is 1. The second-order valence-corrected chi connectivity index (χ2v) is 5.18. The zero-order valence-electron chi connectivity index (χ0n) is 8.30. The standard InChI is InChI=1S/C11H13ClFNS/c12-11-8(2-1-3-10(11)13)6-14-9-4-5-15-7-9/h1-3,9,14H,4-7H2. The molecule has 0 bridgehead atoms. The summed E-state index contributed by atoms with van der Waals surface area (Å²) in [5, 5.41) is 3.64. The summed E-state index contributed by atoms with van der Waals surface area (Å²) in [6.07, 6.45) is 1.19. The van der Waals surface area contributed by atoms with Gasteiger partial charge in [-0.25, -0.2) is 4.39 Å². The Morgan fingerprint density at radius 3 is 3.13 bits per heavy atom. The van der Waals surface area contributed by atoms with Crippen molar-refractivity contribution in [2.24, 2.45) is 0 Å². The van der Waals surface area contributed by atoms with Crippen LogP contribution in [0.3, 0.4) is 0 Å². The maximum Gasteiger partial charge on any atom is 0.142 e. The normalized spacial score (nSPS) is 20.8. The van der Waals surface area contributed by atoms with Crippen molar-refractivity contribution in [3.63, 3.8) is 0 Å². The lowest BCUT2D eigenvalue weighted by Gasteiger charge is -2.12. The molecule has 0 aromatic heterocycles. The van der Waals surface area contributed by atoms with Crippen LogP contribution >= 0.6 is 23.4 Å². The minimum atomic E-state index is -0.336. The highest BCUT2D eigenvalue weighted by Gasteiger charge is 2.15. The van der Waals surface area contributed by atoms with E-state index in [2.05, 4.69) is 5.32 Å². The molecule has 2 rings (SSSR count). The fourth-order valence-electron chi connectivity index (χ4n) is 1.63. The Labute approximate surface area is 98.4 Å². The van der Waals surface area contributed by atoms with E-state index in [0.29, 0.717) is 12.6 Å². The van der Waals surface area contributed by atoms with Crippen molar-refractivity contribution in [2.45, 2.75) is 19.0 Å². The Balaban J connectivity index is 1.95.